The predicted octanol–water partition coefficient (Wildman–Crippen LogP) is 1.78. The molecule has 0 atom stereocenters. The van der Waals surface area contributed by atoms with Gasteiger partial charge in [0.1, 0.15) is 5.82 Å². The fourth-order valence-electron chi connectivity index (χ4n) is 2.36. The maximum absolute atomic E-state index is 13.1. The summed E-state index contributed by atoms with van der Waals surface area (Å²) in [7, 11) is 1.59. The smallest absolute Gasteiger partial charge is 0.262 e. The van der Waals surface area contributed by atoms with Gasteiger partial charge >= 0.3 is 0 Å². The summed E-state index contributed by atoms with van der Waals surface area (Å²) < 4.78 is 19.7. The highest BCUT2D eigenvalue weighted by atomic mass is 32.1. The van der Waals surface area contributed by atoms with Crippen LogP contribution in [-0.2, 0) is 9.53 Å². The van der Waals surface area contributed by atoms with Gasteiger partial charge in [0.25, 0.3) is 5.91 Å². The molecule has 0 saturated heterocycles. The maximum Gasteiger partial charge on any atom is 0.262 e. The molecule has 9 heteroatoms. The van der Waals surface area contributed by atoms with E-state index in [1.54, 1.807) is 30.0 Å². The van der Waals surface area contributed by atoms with E-state index < -0.39 is 0 Å². The van der Waals surface area contributed by atoms with Crippen molar-refractivity contribution < 1.29 is 13.9 Å². The number of benzene rings is 1. The molecule has 144 valence electrons. The van der Waals surface area contributed by atoms with Gasteiger partial charge in [0, 0.05) is 31.0 Å². The average Bonchev–Trinajstić information content (AvgIpc) is 2.93. The van der Waals surface area contributed by atoms with Gasteiger partial charge in [-0.15, -0.1) is 0 Å². The number of hydrazine groups is 1. The zero-order chi connectivity index (χ0) is 19.8. The molecule has 0 radical (unpaired) electrons. The Morgan fingerprint density at radius 2 is 2.00 bits per heavy atom. The molecule has 1 amide bonds. The summed E-state index contributed by atoms with van der Waals surface area (Å²) in [6, 6.07) is 6.06. The number of nitrogens with zero attached hydrogens (tertiary/aromatic N) is 2. The number of ether oxygens (including phenoxy) is 1. The van der Waals surface area contributed by atoms with E-state index in [1.165, 1.54) is 18.2 Å². The van der Waals surface area contributed by atoms with Crippen LogP contribution in [0.5, 0.6) is 0 Å². The molecule has 1 heterocycles. The molecule has 7 nitrogen and oxygen atoms in total. The number of rotatable bonds is 6. The number of thiocarbonyl (C=S) groups is 1. The van der Waals surface area contributed by atoms with Crippen LogP contribution in [0.25, 0.3) is 11.8 Å². The standard InChI is InChI=1S/C18H22FN5O2S/c1-12-16(8-9-17(25)21-22-18(27)20-10-11-26-3)13(2)24(23-12)15-6-4-14(19)5-7-15/h4-9H,10-11H2,1-3H3,(H,21,25)(H2,20,22,27). The molecule has 2 aromatic rings. The highest BCUT2D eigenvalue weighted by molar-refractivity contribution is 7.80. The van der Waals surface area contributed by atoms with Crippen LogP contribution in [0.15, 0.2) is 30.3 Å². The van der Waals surface area contributed by atoms with Gasteiger partial charge in [0.15, 0.2) is 5.11 Å². The fraction of sp³-hybridized carbons (Fsp3) is 0.278. The molecule has 0 fully saturated rings. The molecule has 0 aliphatic heterocycles. The van der Waals surface area contributed by atoms with E-state index in [2.05, 4.69) is 21.3 Å². The first-order chi connectivity index (χ1) is 12.9. The zero-order valence-electron chi connectivity index (χ0n) is 15.4. The van der Waals surface area contributed by atoms with Crippen LogP contribution in [0, 0.1) is 19.7 Å². The van der Waals surface area contributed by atoms with Gasteiger partial charge in [-0.2, -0.15) is 5.10 Å². The molecular weight excluding hydrogens is 369 g/mol. The number of aromatic nitrogens is 2. The molecule has 0 saturated carbocycles. The number of hydrogen-bond acceptors (Lipinski definition) is 4. The van der Waals surface area contributed by atoms with Crippen molar-refractivity contribution in [3.8, 4) is 5.69 Å². The SMILES string of the molecule is COCCNC(=S)NNC(=O)C=Cc1c(C)nn(-c2ccc(F)cc2)c1C. The fourth-order valence-corrected chi connectivity index (χ4v) is 2.51. The van der Waals surface area contributed by atoms with E-state index in [-0.39, 0.29) is 11.7 Å². The third-order valence-electron chi connectivity index (χ3n) is 3.71. The monoisotopic (exact) mass is 391 g/mol. The van der Waals surface area contributed by atoms with Gasteiger partial charge in [-0.25, -0.2) is 9.07 Å². The summed E-state index contributed by atoms with van der Waals surface area (Å²) in [6.07, 6.45) is 3.06. The van der Waals surface area contributed by atoms with Crippen molar-refractivity contribution >= 4 is 29.3 Å². The van der Waals surface area contributed by atoms with Gasteiger partial charge < -0.3 is 10.1 Å². The van der Waals surface area contributed by atoms with E-state index in [4.69, 9.17) is 17.0 Å². The second kappa shape index (κ2) is 9.79. The molecule has 0 bridgehead atoms. The zero-order valence-corrected chi connectivity index (χ0v) is 16.2. The van der Waals surface area contributed by atoms with Gasteiger partial charge in [-0.3, -0.25) is 15.6 Å². The van der Waals surface area contributed by atoms with E-state index in [0.717, 1.165) is 22.6 Å². The Kier molecular flexibility index (Phi) is 7.44. The first-order valence-electron chi connectivity index (χ1n) is 8.25. The van der Waals surface area contributed by atoms with Gasteiger partial charge in [0.05, 0.1) is 18.0 Å². The molecule has 0 unspecified atom stereocenters. The molecule has 1 aromatic heterocycles. The molecular formula is C18H22FN5O2S. The maximum atomic E-state index is 13.1. The number of methoxy groups -OCH3 is 1. The topological polar surface area (TPSA) is 80.2 Å². The van der Waals surface area contributed by atoms with Crippen LogP contribution < -0.4 is 16.2 Å². The van der Waals surface area contributed by atoms with E-state index >= 15 is 0 Å². The summed E-state index contributed by atoms with van der Waals surface area (Å²) in [5, 5.41) is 7.63. The Balaban J connectivity index is 1.99. The van der Waals surface area contributed by atoms with Gasteiger partial charge in [-0.1, -0.05) is 0 Å². The minimum Gasteiger partial charge on any atom is -0.383 e. The largest absolute Gasteiger partial charge is 0.383 e. The van der Waals surface area contributed by atoms with Crippen LogP contribution in [0.4, 0.5) is 4.39 Å². The Morgan fingerprint density at radius 1 is 1.30 bits per heavy atom. The molecule has 1 aromatic carbocycles. The average molecular weight is 391 g/mol. The normalized spacial score (nSPS) is 10.8. The highest BCUT2D eigenvalue weighted by Crippen LogP contribution is 2.19. The second-order valence-corrected chi connectivity index (χ2v) is 6.08. The van der Waals surface area contributed by atoms with Crippen LogP contribution >= 0.6 is 12.2 Å². The van der Waals surface area contributed by atoms with Crippen LogP contribution in [0.3, 0.4) is 0 Å². The van der Waals surface area contributed by atoms with E-state index in [0.29, 0.717) is 18.3 Å². The third kappa shape index (κ3) is 5.87. The Labute approximate surface area is 162 Å². The lowest BCUT2D eigenvalue weighted by Crippen LogP contribution is -2.46. The Hall–Kier alpha value is -2.78. The van der Waals surface area contributed by atoms with Crippen LogP contribution in [0.2, 0.25) is 0 Å². The number of carbonyl (C=O) groups is 1. The molecule has 0 aliphatic rings. The number of hydrogen-bond donors (Lipinski definition) is 3. The summed E-state index contributed by atoms with van der Waals surface area (Å²) in [4.78, 5) is 11.9. The lowest BCUT2D eigenvalue weighted by Gasteiger charge is -2.09. The third-order valence-corrected chi connectivity index (χ3v) is 3.96. The number of aryl methyl sites for hydroxylation is 1. The molecule has 27 heavy (non-hydrogen) atoms. The molecule has 0 spiro atoms. The molecule has 2 rings (SSSR count). The van der Waals surface area contributed by atoms with Crippen LogP contribution in [-0.4, -0.2) is 41.1 Å². The number of carbonyl (C=O) groups excluding carboxylic acids is 1. The van der Waals surface area contributed by atoms with Crippen molar-refractivity contribution in [2.75, 3.05) is 20.3 Å². The number of halogens is 1. The first kappa shape index (κ1) is 20.5. The highest BCUT2D eigenvalue weighted by Gasteiger charge is 2.11. The second-order valence-electron chi connectivity index (χ2n) is 5.67. The van der Waals surface area contributed by atoms with Crippen molar-refractivity contribution in [3.63, 3.8) is 0 Å². The van der Waals surface area contributed by atoms with Crippen molar-refractivity contribution in [1.29, 1.82) is 0 Å². The Bertz CT molecular complexity index is 833. The summed E-state index contributed by atoms with van der Waals surface area (Å²) in [5.74, 6) is -0.668. The number of amides is 1. The van der Waals surface area contributed by atoms with E-state index in [1.807, 2.05) is 13.8 Å². The van der Waals surface area contributed by atoms with Crippen molar-refractivity contribution in [3.05, 3.63) is 53.1 Å². The summed E-state index contributed by atoms with van der Waals surface area (Å²) in [6.45, 7) is 4.77. The van der Waals surface area contributed by atoms with E-state index in [9.17, 15) is 9.18 Å². The Morgan fingerprint density at radius 3 is 2.67 bits per heavy atom. The lowest BCUT2D eigenvalue weighted by atomic mass is 10.2. The van der Waals surface area contributed by atoms with Crippen molar-refractivity contribution in [2.45, 2.75) is 13.8 Å². The minimum atomic E-state index is -0.362. The van der Waals surface area contributed by atoms with Crippen LogP contribution in [0.1, 0.15) is 17.0 Å². The quantitative estimate of drug-likeness (QED) is 0.302. The molecule has 3 N–H and O–H groups in total. The minimum absolute atomic E-state index is 0.297. The van der Waals surface area contributed by atoms with Crippen molar-refractivity contribution in [1.82, 2.24) is 25.9 Å². The summed E-state index contributed by atoms with van der Waals surface area (Å²) in [5.41, 5.74) is 8.23. The van der Waals surface area contributed by atoms with Crippen molar-refractivity contribution in [2.24, 2.45) is 0 Å². The molecule has 0 aliphatic carbocycles. The first-order valence-corrected chi connectivity index (χ1v) is 8.66. The lowest BCUT2D eigenvalue weighted by molar-refractivity contribution is -0.116. The summed E-state index contributed by atoms with van der Waals surface area (Å²) >= 11 is 5.01. The van der Waals surface area contributed by atoms with Gasteiger partial charge in [0.2, 0.25) is 0 Å². The van der Waals surface area contributed by atoms with Gasteiger partial charge in [-0.05, 0) is 56.4 Å². The predicted molar refractivity (Wildman–Crippen MR) is 106 cm³/mol. The number of nitrogens with one attached hydrogen (secondary N) is 3.